The van der Waals surface area contributed by atoms with E-state index in [0.717, 1.165) is 26.2 Å². The minimum atomic E-state index is -3.41. The lowest BCUT2D eigenvalue weighted by Gasteiger charge is -2.20. The predicted octanol–water partition coefficient (Wildman–Crippen LogP) is 3.48. The molecule has 8 nitrogen and oxygen atoms in total. The van der Waals surface area contributed by atoms with E-state index in [-0.39, 0.29) is 31.2 Å². The normalized spacial score (nSPS) is 21.4. The number of pyridine rings is 1. The Kier molecular flexibility index (Phi) is 5.97. The van der Waals surface area contributed by atoms with Crippen LogP contribution in [0.15, 0.2) is 34.9 Å². The molecular weight excluding hydrogens is 479 g/mol. The highest BCUT2D eigenvalue weighted by molar-refractivity contribution is 7.90. The standard InChI is InChI=1S/C23H21FN4O4S2/c1-13-6-14(9-25)7-17(22(13)32-20-11-26-10-18(20)24)16-2-4-27-19-8-15(33-23(16)19)12-31-21-3-5-34(29,30)28-21/h2,4,6-8,18,20,26H,3,5,10-12H2,1H3/t18-,20+/m0/s1. The van der Waals surface area contributed by atoms with E-state index >= 15 is 0 Å². The summed E-state index contributed by atoms with van der Waals surface area (Å²) in [4.78, 5) is 5.30. The third kappa shape index (κ3) is 4.49. The Morgan fingerprint density at radius 1 is 1.29 bits per heavy atom. The van der Waals surface area contributed by atoms with Gasteiger partial charge in [-0.2, -0.15) is 5.26 Å². The van der Waals surface area contributed by atoms with Crippen LogP contribution in [0.3, 0.4) is 0 Å². The molecule has 2 atom stereocenters. The molecule has 5 rings (SSSR count). The van der Waals surface area contributed by atoms with Crippen LogP contribution in [0.4, 0.5) is 4.39 Å². The van der Waals surface area contributed by atoms with Crippen LogP contribution in [0.25, 0.3) is 21.3 Å². The lowest BCUT2D eigenvalue weighted by molar-refractivity contribution is 0.140. The van der Waals surface area contributed by atoms with Gasteiger partial charge in [-0.05, 0) is 36.8 Å². The van der Waals surface area contributed by atoms with Crippen molar-refractivity contribution in [2.24, 2.45) is 4.40 Å². The fraction of sp³-hybridized carbons (Fsp3) is 0.348. The molecule has 2 aliphatic rings. The molecule has 0 amide bonds. The molecule has 0 radical (unpaired) electrons. The van der Waals surface area contributed by atoms with E-state index in [1.54, 1.807) is 18.3 Å². The second kappa shape index (κ2) is 8.94. The van der Waals surface area contributed by atoms with Gasteiger partial charge in [0.15, 0.2) is 6.17 Å². The van der Waals surface area contributed by atoms with Crippen LogP contribution >= 0.6 is 11.3 Å². The number of benzene rings is 1. The van der Waals surface area contributed by atoms with Crippen LogP contribution in [0, 0.1) is 18.3 Å². The average molecular weight is 501 g/mol. The number of rotatable bonds is 5. The van der Waals surface area contributed by atoms with Crippen molar-refractivity contribution < 1.29 is 22.3 Å². The molecule has 0 aliphatic carbocycles. The maximum absolute atomic E-state index is 14.3. The van der Waals surface area contributed by atoms with E-state index in [1.165, 1.54) is 11.3 Å². The molecule has 1 N–H and O–H groups in total. The van der Waals surface area contributed by atoms with Crippen molar-refractivity contribution >= 4 is 37.5 Å². The number of aryl methyl sites for hydroxylation is 1. The number of nitrogens with one attached hydrogen (secondary N) is 1. The third-order valence-corrected chi connectivity index (χ3v) is 8.04. The first-order valence-electron chi connectivity index (χ1n) is 10.7. The molecule has 4 heterocycles. The van der Waals surface area contributed by atoms with Gasteiger partial charge in [-0.25, -0.2) is 12.8 Å². The summed E-state index contributed by atoms with van der Waals surface area (Å²) < 4.78 is 53.6. The smallest absolute Gasteiger partial charge is 0.256 e. The molecule has 0 bridgehead atoms. The number of hydrogen-bond donors (Lipinski definition) is 1. The number of hydrogen-bond acceptors (Lipinski definition) is 8. The Morgan fingerprint density at radius 2 is 2.15 bits per heavy atom. The van der Waals surface area contributed by atoms with E-state index < -0.39 is 22.3 Å². The number of nitriles is 1. The number of nitrogens with zero attached hydrogens (tertiary/aromatic N) is 3. The van der Waals surface area contributed by atoms with Crippen molar-refractivity contribution in [3.8, 4) is 22.9 Å². The molecule has 176 valence electrons. The monoisotopic (exact) mass is 500 g/mol. The minimum Gasteiger partial charge on any atom is -0.485 e. The topological polar surface area (TPSA) is 114 Å². The molecule has 1 aromatic carbocycles. The van der Waals surface area contributed by atoms with Gasteiger partial charge in [-0.15, -0.1) is 15.7 Å². The van der Waals surface area contributed by atoms with Gasteiger partial charge in [0.25, 0.3) is 10.0 Å². The van der Waals surface area contributed by atoms with Crippen LogP contribution < -0.4 is 10.1 Å². The number of thiophene rings is 1. The zero-order valence-electron chi connectivity index (χ0n) is 18.2. The van der Waals surface area contributed by atoms with Crippen molar-refractivity contribution in [2.45, 2.75) is 32.2 Å². The number of fused-ring (bicyclic) bond motifs is 1. The van der Waals surface area contributed by atoms with Gasteiger partial charge in [-0.3, -0.25) is 4.98 Å². The fourth-order valence-electron chi connectivity index (χ4n) is 4.07. The zero-order valence-corrected chi connectivity index (χ0v) is 19.9. The van der Waals surface area contributed by atoms with E-state index in [1.807, 2.05) is 19.1 Å². The Hall–Kier alpha value is -3.07. The molecule has 2 aliphatic heterocycles. The van der Waals surface area contributed by atoms with Gasteiger partial charge in [0, 0.05) is 41.7 Å². The van der Waals surface area contributed by atoms with E-state index in [2.05, 4.69) is 20.8 Å². The fourth-order valence-corrected chi connectivity index (χ4v) is 6.10. The lowest BCUT2D eigenvalue weighted by Crippen LogP contribution is -2.27. The Bertz CT molecular complexity index is 1450. The van der Waals surface area contributed by atoms with E-state index in [9.17, 15) is 18.1 Å². The van der Waals surface area contributed by atoms with Gasteiger partial charge in [0.05, 0.1) is 27.6 Å². The predicted molar refractivity (Wildman–Crippen MR) is 127 cm³/mol. The highest BCUT2D eigenvalue weighted by Crippen LogP contribution is 2.41. The van der Waals surface area contributed by atoms with Crippen molar-refractivity contribution in [1.82, 2.24) is 10.3 Å². The molecule has 0 saturated carbocycles. The Labute approximate surface area is 200 Å². The minimum absolute atomic E-state index is 0.0337. The number of sulfonamides is 1. The molecule has 1 fully saturated rings. The summed E-state index contributed by atoms with van der Waals surface area (Å²) in [5.74, 6) is 0.720. The van der Waals surface area contributed by atoms with Crippen molar-refractivity contribution in [3.63, 3.8) is 0 Å². The first-order valence-corrected chi connectivity index (χ1v) is 13.1. The van der Waals surface area contributed by atoms with Gasteiger partial charge in [-0.1, -0.05) is 0 Å². The van der Waals surface area contributed by atoms with Crippen molar-refractivity contribution in [1.29, 1.82) is 5.26 Å². The Balaban J connectivity index is 1.52. The zero-order chi connectivity index (χ0) is 23.9. The number of alkyl halides is 1. The number of aromatic nitrogens is 1. The number of halogens is 1. The largest absolute Gasteiger partial charge is 0.485 e. The maximum Gasteiger partial charge on any atom is 0.256 e. The van der Waals surface area contributed by atoms with Crippen molar-refractivity contribution in [3.05, 3.63) is 46.5 Å². The summed E-state index contributed by atoms with van der Waals surface area (Å²) >= 11 is 1.46. The molecule has 34 heavy (non-hydrogen) atoms. The van der Waals surface area contributed by atoms with Gasteiger partial charge in [0.1, 0.15) is 18.5 Å². The van der Waals surface area contributed by atoms with Gasteiger partial charge < -0.3 is 14.8 Å². The molecular formula is C23H21FN4O4S2. The summed E-state index contributed by atoms with van der Waals surface area (Å²) in [5.41, 5.74) is 3.48. The molecule has 1 saturated heterocycles. The summed E-state index contributed by atoms with van der Waals surface area (Å²) in [6.07, 6.45) is 0.214. The first kappa shape index (κ1) is 22.7. The second-order valence-electron chi connectivity index (χ2n) is 8.21. The number of ether oxygens (including phenoxy) is 2. The maximum atomic E-state index is 14.3. The van der Waals surface area contributed by atoms with E-state index in [0.29, 0.717) is 23.4 Å². The highest BCUT2D eigenvalue weighted by atomic mass is 32.2. The van der Waals surface area contributed by atoms with Gasteiger partial charge >= 0.3 is 0 Å². The van der Waals surface area contributed by atoms with Crippen LogP contribution in [-0.4, -0.2) is 50.4 Å². The molecule has 3 aromatic rings. The second-order valence-corrected chi connectivity index (χ2v) is 11.1. The quantitative estimate of drug-likeness (QED) is 0.571. The summed E-state index contributed by atoms with van der Waals surface area (Å²) in [7, 11) is -3.41. The average Bonchev–Trinajstić information content (AvgIpc) is 3.51. The molecule has 11 heteroatoms. The van der Waals surface area contributed by atoms with Crippen LogP contribution in [-0.2, 0) is 21.4 Å². The summed E-state index contributed by atoms with van der Waals surface area (Å²) in [6.45, 7) is 2.67. The lowest BCUT2D eigenvalue weighted by atomic mass is 9.99. The van der Waals surface area contributed by atoms with Crippen molar-refractivity contribution in [2.75, 3.05) is 18.8 Å². The third-order valence-electron chi connectivity index (χ3n) is 5.71. The van der Waals surface area contributed by atoms with E-state index in [4.69, 9.17) is 9.47 Å². The van der Waals surface area contributed by atoms with Gasteiger partial charge in [0.2, 0.25) is 5.90 Å². The van der Waals surface area contributed by atoms with Crippen LogP contribution in [0.2, 0.25) is 0 Å². The first-order chi connectivity index (χ1) is 16.3. The molecule has 0 unspecified atom stereocenters. The van der Waals surface area contributed by atoms with Crippen LogP contribution in [0.5, 0.6) is 5.75 Å². The summed E-state index contributed by atoms with van der Waals surface area (Å²) in [6, 6.07) is 9.40. The molecule has 2 aromatic heterocycles. The SMILES string of the molecule is Cc1cc(C#N)cc(-c2ccnc3cc(COC4=NS(=O)(=O)CC4)sc23)c1O[C@@H]1CNC[C@@H]1F. The summed E-state index contributed by atoms with van der Waals surface area (Å²) in [5, 5.41) is 12.5. The molecule has 0 spiro atoms. The Morgan fingerprint density at radius 3 is 2.85 bits per heavy atom. The van der Waals surface area contributed by atoms with Crippen LogP contribution in [0.1, 0.15) is 22.4 Å². The highest BCUT2D eigenvalue weighted by Gasteiger charge is 2.30.